The first-order valence-electron chi connectivity index (χ1n) is 12.9. The Balaban J connectivity index is 1.53. The summed E-state index contributed by atoms with van der Waals surface area (Å²) in [5.41, 5.74) is -2.11. The molecule has 0 aromatic heterocycles. The maximum atomic E-state index is 13.2. The Labute approximate surface area is 196 Å². The first-order valence-corrected chi connectivity index (χ1v) is 12.9. The van der Waals surface area contributed by atoms with E-state index in [9.17, 15) is 28.5 Å². The molecule has 0 aliphatic heterocycles. The molecule has 4 rings (SSSR count). The predicted molar refractivity (Wildman–Crippen MR) is 122 cm³/mol. The third kappa shape index (κ3) is 4.10. The first-order chi connectivity index (χ1) is 15.0. The molecule has 0 heterocycles. The Kier molecular flexibility index (Phi) is 6.15. The van der Waals surface area contributed by atoms with Crippen molar-refractivity contribution in [2.24, 2.45) is 40.4 Å². The van der Waals surface area contributed by atoms with E-state index in [0.29, 0.717) is 30.6 Å². The number of alkyl halides is 3. The summed E-state index contributed by atoms with van der Waals surface area (Å²) < 4.78 is 39.5. The van der Waals surface area contributed by atoms with Gasteiger partial charge in [0.2, 0.25) is 0 Å². The third-order valence-electron chi connectivity index (χ3n) is 10.9. The van der Waals surface area contributed by atoms with Gasteiger partial charge in [-0.1, -0.05) is 32.4 Å². The van der Waals surface area contributed by atoms with Crippen molar-refractivity contribution < 1.29 is 28.5 Å². The Morgan fingerprint density at radius 1 is 1.06 bits per heavy atom. The van der Waals surface area contributed by atoms with Gasteiger partial charge in [0, 0.05) is 0 Å². The summed E-state index contributed by atoms with van der Waals surface area (Å²) in [6.45, 7) is 9.46. The Morgan fingerprint density at radius 2 is 1.73 bits per heavy atom. The Bertz CT molecular complexity index is 788. The molecule has 0 aromatic rings. The van der Waals surface area contributed by atoms with Gasteiger partial charge in [-0.05, 0) is 112 Å². The van der Waals surface area contributed by atoms with Crippen LogP contribution >= 0.6 is 0 Å². The fraction of sp³-hybridized carbons (Fsp3) is 0.926. The SMILES string of the molecule is C[C@H](CCC(C)(O)C(F)(F)F)[C@H]1CC[C@H]2[C@@H]3C(O)C=C4C[C@@](C)(O)CC[C@]4(C)[C@H]3CC[C@]12C. The molecule has 0 aromatic carbocycles. The number of fused-ring (bicyclic) bond motifs is 5. The highest BCUT2D eigenvalue weighted by Gasteiger charge is 2.61. The van der Waals surface area contributed by atoms with Gasteiger partial charge < -0.3 is 15.3 Å². The first kappa shape index (κ1) is 25.5. The summed E-state index contributed by atoms with van der Waals surface area (Å²) >= 11 is 0. The van der Waals surface area contributed by atoms with Crippen molar-refractivity contribution in [3.8, 4) is 0 Å². The highest BCUT2D eigenvalue weighted by Crippen LogP contribution is 2.67. The lowest BCUT2D eigenvalue weighted by atomic mass is 9.45. The molecular weight excluding hydrogens is 429 g/mol. The van der Waals surface area contributed by atoms with Crippen molar-refractivity contribution in [3.63, 3.8) is 0 Å². The van der Waals surface area contributed by atoms with Crippen LogP contribution in [0.2, 0.25) is 0 Å². The van der Waals surface area contributed by atoms with Gasteiger partial charge in [0.25, 0.3) is 0 Å². The number of aliphatic hydroxyl groups is 3. The highest BCUT2D eigenvalue weighted by molar-refractivity contribution is 5.29. The number of aliphatic hydroxyl groups excluding tert-OH is 1. The molecule has 6 heteroatoms. The van der Waals surface area contributed by atoms with E-state index in [1.165, 1.54) is 5.57 Å². The molecule has 3 nitrogen and oxygen atoms in total. The molecule has 10 atom stereocenters. The number of halogens is 3. The van der Waals surface area contributed by atoms with Crippen LogP contribution in [0.4, 0.5) is 13.2 Å². The minimum atomic E-state index is -4.61. The van der Waals surface area contributed by atoms with Crippen molar-refractivity contribution in [3.05, 3.63) is 11.6 Å². The van der Waals surface area contributed by atoms with Crippen LogP contribution in [-0.2, 0) is 0 Å². The van der Waals surface area contributed by atoms with E-state index in [2.05, 4.69) is 20.8 Å². The van der Waals surface area contributed by atoms with E-state index in [0.717, 1.165) is 45.4 Å². The van der Waals surface area contributed by atoms with Crippen molar-refractivity contribution in [1.82, 2.24) is 0 Å². The van der Waals surface area contributed by atoms with Crippen molar-refractivity contribution >= 4 is 0 Å². The van der Waals surface area contributed by atoms with Crippen LogP contribution in [0.25, 0.3) is 0 Å². The second kappa shape index (κ2) is 7.96. The monoisotopic (exact) mass is 472 g/mol. The molecule has 4 aliphatic rings. The zero-order chi connectivity index (χ0) is 24.6. The van der Waals surface area contributed by atoms with Gasteiger partial charge >= 0.3 is 6.18 Å². The van der Waals surface area contributed by atoms with Gasteiger partial charge in [-0.25, -0.2) is 0 Å². The largest absolute Gasteiger partial charge is 0.416 e. The van der Waals surface area contributed by atoms with Gasteiger partial charge in [0.15, 0.2) is 5.60 Å². The summed E-state index contributed by atoms with van der Waals surface area (Å²) in [5, 5.41) is 31.9. The number of hydrogen-bond donors (Lipinski definition) is 3. The summed E-state index contributed by atoms with van der Waals surface area (Å²) in [4.78, 5) is 0. The topological polar surface area (TPSA) is 60.7 Å². The average Bonchev–Trinajstić information content (AvgIpc) is 3.04. The second-order valence-corrected chi connectivity index (χ2v) is 13.1. The Hall–Kier alpha value is -0.590. The van der Waals surface area contributed by atoms with E-state index in [1.54, 1.807) is 0 Å². The molecule has 3 saturated carbocycles. The van der Waals surface area contributed by atoms with Gasteiger partial charge in [0.05, 0.1) is 11.7 Å². The smallest absolute Gasteiger partial charge is 0.390 e. The van der Waals surface area contributed by atoms with Crippen LogP contribution < -0.4 is 0 Å². The van der Waals surface area contributed by atoms with Crippen LogP contribution in [-0.4, -0.2) is 38.8 Å². The third-order valence-corrected chi connectivity index (χ3v) is 10.9. The summed E-state index contributed by atoms with van der Waals surface area (Å²) in [5.74, 6) is 1.33. The van der Waals surface area contributed by atoms with Crippen molar-refractivity contribution in [2.45, 2.75) is 116 Å². The molecule has 3 fully saturated rings. The van der Waals surface area contributed by atoms with E-state index in [-0.39, 0.29) is 29.1 Å². The molecular formula is C27H43F3O3. The van der Waals surface area contributed by atoms with E-state index in [4.69, 9.17) is 0 Å². The number of hydrogen-bond acceptors (Lipinski definition) is 3. The normalized spacial score (nSPS) is 48.2. The lowest BCUT2D eigenvalue weighted by Crippen LogP contribution is -2.55. The minimum absolute atomic E-state index is 0.00746. The van der Waals surface area contributed by atoms with Crippen molar-refractivity contribution in [2.75, 3.05) is 0 Å². The summed E-state index contributed by atoms with van der Waals surface area (Å²) in [6.07, 6.45) is 3.40. The van der Waals surface area contributed by atoms with E-state index in [1.807, 2.05) is 13.0 Å². The Morgan fingerprint density at radius 3 is 2.36 bits per heavy atom. The fourth-order valence-corrected chi connectivity index (χ4v) is 8.62. The van der Waals surface area contributed by atoms with Gasteiger partial charge in [-0.3, -0.25) is 0 Å². The van der Waals surface area contributed by atoms with E-state index < -0.39 is 23.5 Å². The minimum Gasteiger partial charge on any atom is -0.390 e. The van der Waals surface area contributed by atoms with E-state index >= 15 is 0 Å². The molecule has 0 bridgehead atoms. The molecule has 33 heavy (non-hydrogen) atoms. The maximum absolute atomic E-state index is 13.2. The highest BCUT2D eigenvalue weighted by atomic mass is 19.4. The quantitative estimate of drug-likeness (QED) is 0.439. The lowest BCUT2D eigenvalue weighted by Gasteiger charge is -2.60. The second-order valence-electron chi connectivity index (χ2n) is 13.1. The average molecular weight is 473 g/mol. The zero-order valence-electron chi connectivity index (χ0n) is 20.9. The summed E-state index contributed by atoms with van der Waals surface area (Å²) in [6, 6.07) is 0. The van der Waals surface area contributed by atoms with Gasteiger partial charge in [0.1, 0.15) is 0 Å². The fourth-order valence-electron chi connectivity index (χ4n) is 8.62. The molecule has 0 saturated heterocycles. The van der Waals surface area contributed by atoms with Crippen LogP contribution in [0.3, 0.4) is 0 Å². The molecule has 2 unspecified atom stereocenters. The lowest BCUT2D eigenvalue weighted by molar-refractivity contribution is -0.256. The molecule has 190 valence electrons. The zero-order valence-corrected chi connectivity index (χ0v) is 20.9. The molecule has 4 aliphatic carbocycles. The van der Waals surface area contributed by atoms with Crippen LogP contribution in [0.5, 0.6) is 0 Å². The van der Waals surface area contributed by atoms with Gasteiger partial charge in [-0.2, -0.15) is 13.2 Å². The van der Waals surface area contributed by atoms with Crippen LogP contribution in [0.1, 0.15) is 92.4 Å². The molecule has 3 N–H and O–H groups in total. The van der Waals surface area contributed by atoms with Crippen LogP contribution in [0.15, 0.2) is 11.6 Å². The van der Waals surface area contributed by atoms with Gasteiger partial charge in [-0.15, -0.1) is 0 Å². The molecule has 0 radical (unpaired) electrons. The van der Waals surface area contributed by atoms with Crippen LogP contribution in [0, 0.1) is 40.4 Å². The van der Waals surface area contributed by atoms with Crippen molar-refractivity contribution in [1.29, 1.82) is 0 Å². The maximum Gasteiger partial charge on any atom is 0.416 e. The standard InChI is InChI=1S/C27H43F3O3/c1-16(8-11-26(5,33)27(28,29)30)18-6-7-19-22-20(9-10-25(18,19)4)24(3)13-12-23(2,32)15-17(24)14-21(22)31/h14,16,18-22,31-33H,6-13,15H2,1-5H3/t16-,18-,19+,20+,21?,22+,23+,24+,25-,26?/m1/s1. The molecule has 0 amide bonds. The summed E-state index contributed by atoms with van der Waals surface area (Å²) in [7, 11) is 0. The molecule has 0 spiro atoms. The number of rotatable bonds is 4. The predicted octanol–water partition coefficient (Wildman–Crippen LogP) is 6.02.